The number of hydrogen-bond acceptors (Lipinski definition) is 3. The molecule has 0 amide bonds. The first-order valence-corrected chi connectivity index (χ1v) is 6.12. The SMILES string of the molecule is CCC(=O)CN1CCC(NC(C)C)CC1. The lowest BCUT2D eigenvalue weighted by molar-refractivity contribution is -0.120. The summed E-state index contributed by atoms with van der Waals surface area (Å²) in [5, 5.41) is 3.56. The lowest BCUT2D eigenvalue weighted by Crippen LogP contribution is -2.45. The Morgan fingerprint density at radius 3 is 2.47 bits per heavy atom. The zero-order chi connectivity index (χ0) is 11.3. The van der Waals surface area contributed by atoms with Gasteiger partial charge in [-0.15, -0.1) is 0 Å². The summed E-state index contributed by atoms with van der Waals surface area (Å²) in [5.41, 5.74) is 0. The summed E-state index contributed by atoms with van der Waals surface area (Å²) >= 11 is 0. The van der Waals surface area contributed by atoms with Crippen LogP contribution in [0.3, 0.4) is 0 Å². The van der Waals surface area contributed by atoms with E-state index in [1.807, 2.05) is 6.92 Å². The molecule has 0 aromatic rings. The molecule has 1 heterocycles. The molecule has 1 fully saturated rings. The summed E-state index contributed by atoms with van der Waals surface area (Å²) in [7, 11) is 0. The highest BCUT2D eigenvalue weighted by atomic mass is 16.1. The number of rotatable bonds is 5. The fourth-order valence-corrected chi connectivity index (χ4v) is 2.09. The molecule has 1 rings (SSSR count). The van der Waals surface area contributed by atoms with Crippen molar-refractivity contribution in [2.45, 2.75) is 52.1 Å². The molecule has 0 saturated carbocycles. The van der Waals surface area contributed by atoms with Gasteiger partial charge >= 0.3 is 0 Å². The monoisotopic (exact) mass is 212 g/mol. The number of nitrogens with one attached hydrogen (secondary N) is 1. The Kier molecular flexibility index (Phi) is 5.26. The predicted octanol–water partition coefficient (Wildman–Crippen LogP) is 1.43. The molecular weight excluding hydrogens is 188 g/mol. The topological polar surface area (TPSA) is 32.3 Å². The van der Waals surface area contributed by atoms with Crippen LogP contribution in [0.1, 0.15) is 40.0 Å². The molecule has 0 spiro atoms. The lowest BCUT2D eigenvalue weighted by Gasteiger charge is -2.32. The van der Waals surface area contributed by atoms with Crippen molar-refractivity contribution in [3.05, 3.63) is 0 Å². The van der Waals surface area contributed by atoms with Crippen LogP contribution in [0.15, 0.2) is 0 Å². The highest BCUT2D eigenvalue weighted by molar-refractivity contribution is 5.80. The van der Waals surface area contributed by atoms with Crippen LogP contribution in [-0.2, 0) is 4.79 Å². The van der Waals surface area contributed by atoms with Crippen molar-refractivity contribution in [3.8, 4) is 0 Å². The van der Waals surface area contributed by atoms with Gasteiger partial charge < -0.3 is 5.32 Å². The summed E-state index contributed by atoms with van der Waals surface area (Å²) < 4.78 is 0. The second kappa shape index (κ2) is 6.23. The summed E-state index contributed by atoms with van der Waals surface area (Å²) in [6, 6.07) is 1.22. The quantitative estimate of drug-likeness (QED) is 0.748. The van der Waals surface area contributed by atoms with E-state index in [0.717, 1.165) is 13.1 Å². The van der Waals surface area contributed by atoms with Gasteiger partial charge in [0.15, 0.2) is 0 Å². The average molecular weight is 212 g/mol. The van der Waals surface area contributed by atoms with Crippen molar-refractivity contribution in [2.75, 3.05) is 19.6 Å². The molecule has 0 aromatic heterocycles. The first kappa shape index (κ1) is 12.7. The molecule has 1 N–H and O–H groups in total. The van der Waals surface area contributed by atoms with Gasteiger partial charge in [0, 0.05) is 31.6 Å². The highest BCUT2D eigenvalue weighted by Gasteiger charge is 2.20. The first-order valence-electron chi connectivity index (χ1n) is 6.12. The minimum absolute atomic E-state index is 0.366. The molecule has 1 aliphatic rings. The molecule has 0 radical (unpaired) electrons. The average Bonchev–Trinajstić information content (AvgIpc) is 2.20. The van der Waals surface area contributed by atoms with Crippen molar-refractivity contribution >= 4 is 5.78 Å². The number of Topliss-reactive ketones (excluding diaryl/α,β-unsaturated/α-hetero) is 1. The smallest absolute Gasteiger partial charge is 0.146 e. The molecule has 0 aromatic carbocycles. The molecule has 88 valence electrons. The largest absolute Gasteiger partial charge is 0.312 e. The first-order chi connectivity index (χ1) is 7.11. The Morgan fingerprint density at radius 1 is 1.40 bits per heavy atom. The lowest BCUT2D eigenvalue weighted by atomic mass is 10.0. The number of hydrogen-bond donors (Lipinski definition) is 1. The number of carbonyl (C=O) groups is 1. The molecule has 15 heavy (non-hydrogen) atoms. The second-order valence-corrected chi connectivity index (χ2v) is 4.76. The highest BCUT2D eigenvalue weighted by Crippen LogP contribution is 2.10. The number of piperidine rings is 1. The predicted molar refractivity (Wildman–Crippen MR) is 63.0 cm³/mol. The molecular formula is C12H24N2O. The standard InChI is InChI=1S/C12H24N2O/c1-4-12(15)9-14-7-5-11(6-8-14)13-10(2)3/h10-11,13H,4-9H2,1-3H3. The third-order valence-corrected chi connectivity index (χ3v) is 2.95. The Hall–Kier alpha value is -0.410. The fraction of sp³-hybridized carbons (Fsp3) is 0.917. The van der Waals surface area contributed by atoms with E-state index in [9.17, 15) is 4.79 Å². The molecule has 0 bridgehead atoms. The van der Waals surface area contributed by atoms with Crippen molar-refractivity contribution < 1.29 is 4.79 Å². The van der Waals surface area contributed by atoms with Crippen LogP contribution >= 0.6 is 0 Å². The summed E-state index contributed by atoms with van der Waals surface area (Å²) in [6.45, 7) is 9.10. The van der Waals surface area contributed by atoms with Crippen LogP contribution in [0.25, 0.3) is 0 Å². The van der Waals surface area contributed by atoms with E-state index in [2.05, 4.69) is 24.1 Å². The summed E-state index contributed by atoms with van der Waals surface area (Å²) in [4.78, 5) is 13.6. The minimum atomic E-state index is 0.366. The fourth-order valence-electron chi connectivity index (χ4n) is 2.09. The van der Waals surface area contributed by atoms with Crippen molar-refractivity contribution in [2.24, 2.45) is 0 Å². The Balaban J connectivity index is 2.20. The summed E-state index contributed by atoms with van der Waals surface area (Å²) in [5.74, 6) is 0.366. The van der Waals surface area contributed by atoms with Crippen LogP contribution in [0.5, 0.6) is 0 Å². The van der Waals surface area contributed by atoms with E-state index in [0.29, 0.717) is 30.8 Å². The molecule has 0 atom stereocenters. The van der Waals surface area contributed by atoms with Gasteiger partial charge in [-0.3, -0.25) is 9.69 Å². The molecule has 1 saturated heterocycles. The molecule has 1 aliphatic heterocycles. The van der Waals surface area contributed by atoms with Crippen molar-refractivity contribution in [1.82, 2.24) is 10.2 Å². The van der Waals surface area contributed by atoms with Gasteiger partial charge in [-0.2, -0.15) is 0 Å². The number of carbonyl (C=O) groups excluding carboxylic acids is 1. The van der Waals surface area contributed by atoms with E-state index in [1.165, 1.54) is 12.8 Å². The van der Waals surface area contributed by atoms with Gasteiger partial charge in [-0.1, -0.05) is 20.8 Å². The van der Waals surface area contributed by atoms with Gasteiger partial charge in [0.05, 0.1) is 6.54 Å². The van der Waals surface area contributed by atoms with E-state index in [-0.39, 0.29) is 0 Å². The molecule has 3 nitrogen and oxygen atoms in total. The third-order valence-electron chi connectivity index (χ3n) is 2.95. The Morgan fingerprint density at radius 2 is 2.00 bits per heavy atom. The zero-order valence-electron chi connectivity index (χ0n) is 10.3. The number of ketones is 1. The zero-order valence-corrected chi connectivity index (χ0v) is 10.3. The van der Waals surface area contributed by atoms with Crippen LogP contribution in [-0.4, -0.2) is 42.4 Å². The van der Waals surface area contributed by atoms with Crippen LogP contribution < -0.4 is 5.32 Å². The van der Waals surface area contributed by atoms with Gasteiger partial charge in [0.25, 0.3) is 0 Å². The van der Waals surface area contributed by atoms with Crippen LogP contribution in [0, 0.1) is 0 Å². The minimum Gasteiger partial charge on any atom is -0.312 e. The third kappa shape index (κ3) is 4.76. The normalized spacial score (nSPS) is 19.7. The van der Waals surface area contributed by atoms with E-state index in [1.54, 1.807) is 0 Å². The molecule has 0 unspecified atom stereocenters. The van der Waals surface area contributed by atoms with Gasteiger partial charge in [0.2, 0.25) is 0 Å². The van der Waals surface area contributed by atoms with E-state index in [4.69, 9.17) is 0 Å². The van der Waals surface area contributed by atoms with E-state index < -0.39 is 0 Å². The van der Waals surface area contributed by atoms with Gasteiger partial charge in [-0.05, 0) is 12.8 Å². The maximum atomic E-state index is 11.3. The molecule has 0 aliphatic carbocycles. The Labute approximate surface area is 93.2 Å². The number of likely N-dealkylation sites (tertiary alicyclic amines) is 1. The maximum Gasteiger partial charge on any atom is 0.146 e. The van der Waals surface area contributed by atoms with Crippen LogP contribution in [0.2, 0.25) is 0 Å². The Bertz CT molecular complexity index is 196. The van der Waals surface area contributed by atoms with Gasteiger partial charge in [-0.25, -0.2) is 0 Å². The van der Waals surface area contributed by atoms with Crippen LogP contribution in [0.4, 0.5) is 0 Å². The second-order valence-electron chi connectivity index (χ2n) is 4.76. The summed E-state index contributed by atoms with van der Waals surface area (Å²) in [6.07, 6.45) is 3.02. The van der Waals surface area contributed by atoms with E-state index >= 15 is 0 Å². The van der Waals surface area contributed by atoms with Crippen molar-refractivity contribution in [1.29, 1.82) is 0 Å². The molecule has 3 heteroatoms. The maximum absolute atomic E-state index is 11.3. The number of nitrogens with zero attached hydrogens (tertiary/aromatic N) is 1. The van der Waals surface area contributed by atoms with Gasteiger partial charge in [0.1, 0.15) is 5.78 Å². The van der Waals surface area contributed by atoms with Crippen molar-refractivity contribution in [3.63, 3.8) is 0 Å².